The first kappa shape index (κ1) is 22.6. The van der Waals surface area contributed by atoms with Crippen LogP contribution in [0.15, 0.2) is 24.4 Å². The Hall–Kier alpha value is -2.66. The highest BCUT2D eigenvalue weighted by atomic mass is 19.4. The Morgan fingerprint density at radius 3 is 2.48 bits per heavy atom. The molecular formula is C18H22F3N3O5. The fourth-order valence-electron chi connectivity index (χ4n) is 3.34. The van der Waals surface area contributed by atoms with Gasteiger partial charge in [0.1, 0.15) is 11.2 Å². The van der Waals surface area contributed by atoms with E-state index in [9.17, 15) is 23.1 Å². The molecule has 8 nitrogen and oxygen atoms in total. The molecule has 29 heavy (non-hydrogen) atoms. The van der Waals surface area contributed by atoms with Crippen molar-refractivity contribution in [2.45, 2.75) is 38.0 Å². The maximum atomic E-state index is 11.8. The minimum absolute atomic E-state index is 0.203. The van der Waals surface area contributed by atoms with Crippen molar-refractivity contribution in [3.63, 3.8) is 0 Å². The van der Waals surface area contributed by atoms with Crippen LogP contribution in [0.4, 0.5) is 13.2 Å². The Bertz CT molecular complexity index is 883. The zero-order chi connectivity index (χ0) is 21.8. The van der Waals surface area contributed by atoms with E-state index < -0.39 is 23.7 Å². The number of hydrogen-bond donors (Lipinski definition) is 2. The van der Waals surface area contributed by atoms with Crippen molar-refractivity contribution in [3.8, 4) is 0 Å². The smallest absolute Gasteiger partial charge is 0.480 e. The number of carboxylic acid groups (broad SMARTS) is 2. The fraction of sp³-hybridized carbons (Fsp3) is 0.500. The molecule has 0 aliphatic carbocycles. The van der Waals surface area contributed by atoms with Gasteiger partial charge < -0.3 is 19.4 Å². The van der Waals surface area contributed by atoms with Gasteiger partial charge in [0.25, 0.3) is 0 Å². The molecule has 2 N–H and O–H groups in total. The van der Waals surface area contributed by atoms with Crippen LogP contribution in [0.25, 0.3) is 5.65 Å². The molecule has 1 aliphatic heterocycles. The minimum atomic E-state index is -5.08. The lowest BCUT2D eigenvalue weighted by Gasteiger charge is -2.33. The standard InChI is InChI=1S/C16H21N3O3.C2HF3O2/c1-12-5-3-6-14-17-13(10-19(12)14)9-18-8-4-7-16(18,11-22-2)15(20)21;3-2(4,5)1(6)7/h3,5-6,10H,4,7-9,11H2,1-2H3,(H,20,21);(H,6,7). The summed E-state index contributed by atoms with van der Waals surface area (Å²) in [4.78, 5) is 27.3. The molecule has 1 saturated heterocycles. The minimum Gasteiger partial charge on any atom is -0.480 e. The van der Waals surface area contributed by atoms with Gasteiger partial charge in [0, 0.05) is 25.5 Å². The number of rotatable bonds is 5. The van der Waals surface area contributed by atoms with Crippen molar-refractivity contribution >= 4 is 17.6 Å². The predicted octanol–water partition coefficient (Wildman–Crippen LogP) is 2.34. The van der Waals surface area contributed by atoms with Crippen LogP contribution in [-0.4, -0.2) is 68.4 Å². The number of carboxylic acids is 2. The number of imidazole rings is 1. The summed E-state index contributed by atoms with van der Waals surface area (Å²) in [6.07, 6.45) is -1.62. The monoisotopic (exact) mass is 417 g/mol. The molecule has 1 unspecified atom stereocenters. The van der Waals surface area contributed by atoms with E-state index in [1.165, 1.54) is 0 Å². The second-order valence-electron chi connectivity index (χ2n) is 6.73. The van der Waals surface area contributed by atoms with E-state index in [0.29, 0.717) is 13.0 Å². The molecule has 11 heteroatoms. The summed E-state index contributed by atoms with van der Waals surface area (Å²) in [6, 6.07) is 5.96. The summed E-state index contributed by atoms with van der Waals surface area (Å²) in [5, 5.41) is 16.8. The summed E-state index contributed by atoms with van der Waals surface area (Å²) in [5.41, 5.74) is 1.96. The van der Waals surface area contributed by atoms with Gasteiger partial charge in [0.15, 0.2) is 0 Å². The highest BCUT2D eigenvalue weighted by Gasteiger charge is 2.48. The van der Waals surface area contributed by atoms with Crippen LogP contribution in [0.2, 0.25) is 0 Å². The van der Waals surface area contributed by atoms with E-state index in [2.05, 4.69) is 4.98 Å². The quantitative estimate of drug-likeness (QED) is 0.770. The first-order valence-corrected chi connectivity index (χ1v) is 8.72. The molecule has 1 aliphatic rings. The Morgan fingerprint density at radius 2 is 1.97 bits per heavy atom. The second-order valence-corrected chi connectivity index (χ2v) is 6.73. The Kier molecular flexibility index (Phi) is 6.85. The highest BCUT2D eigenvalue weighted by Crippen LogP contribution is 2.31. The SMILES string of the molecule is COCC1(C(=O)O)CCCN1Cc1cn2c(C)cccc2n1.O=C(O)C(F)(F)F. The first-order valence-electron chi connectivity index (χ1n) is 8.72. The number of aromatic nitrogens is 2. The van der Waals surface area contributed by atoms with E-state index in [0.717, 1.165) is 30.0 Å². The first-order chi connectivity index (χ1) is 13.5. The summed E-state index contributed by atoms with van der Waals surface area (Å²) in [7, 11) is 1.55. The van der Waals surface area contributed by atoms with Gasteiger partial charge in [0.2, 0.25) is 0 Å². The lowest BCUT2D eigenvalue weighted by atomic mass is 9.97. The van der Waals surface area contributed by atoms with Gasteiger partial charge in [-0.1, -0.05) is 6.07 Å². The van der Waals surface area contributed by atoms with E-state index in [1.54, 1.807) is 7.11 Å². The molecule has 1 fully saturated rings. The number of fused-ring (bicyclic) bond motifs is 1. The van der Waals surface area contributed by atoms with E-state index in [1.807, 2.05) is 40.6 Å². The Balaban J connectivity index is 0.000000370. The molecule has 0 amide bonds. The number of ether oxygens (including phenoxy) is 1. The molecule has 1 atom stereocenters. The topological polar surface area (TPSA) is 104 Å². The molecule has 0 spiro atoms. The maximum Gasteiger partial charge on any atom is 0.490 e. The lowest BCUT2D eigenvalue weighted by molar-refractivity contribution is -0.192. The van der Waals surface area contributed by atoms with Gasteiger partial charge in [-0.15, -0.1) is 0 Å². The van der Waals surface area contributed by atoms with Gasteiger partial charge in [-0.2, -0.15) is 13.2 Å². The van der Waals surface area contributed by atoms with Gasteiger partial charge in [-0.25, -0.2) is 9.78 Å². The molecule has 0 aromatic carbocycles. The third-order valence-electron chi connectivity index (χ3n) is 4.75. The number of alkyl halides is 3. The second kappa shape index (κ2) is 8.78. The molecular weight excluding hydrogens is 395 g/mol. The summed E-state index contributed by atoms with van der Waals surface area (Å²) in [5.74, 6) is -3.57. The number of halogens is 3. The number of aliphatic carboxylic acids is 2. The number of aryl methyl sites for hydroxylation is 1. The van der Waals surface area contributed by atoms with E-state index in [4.69, 9.17) is 14.6 Å². The largest absolute Gasteiger partial charge is 0.490 e. The van der Waals surface area contributed by atoms with Crippen molar-refractivity contribution in [1.82, 2.24) is 14.3 Å². The van der Waals surface area contributed by atoms with Crippen LogP contribution >= 0.6 is 0 Å². The fourth-order valence-corrected chi connectivity index (χ4v) is 3.34. The lowest BCUT2D eigenvalue weighted by Crippen LogP contribution is -2.53. The molecule has 2 aromatic rings. The van der Waals surface area contributed by atoms with Crippen molar-refractivity contribution in [2.75, 3.05) is 20.3 Å². The summed E-state index contributed by atoms with van der Waals surface area (Å²) in [6.45, 7) is 3.51. The zero-order valence-electron chi connectivity index (χ0n) is 15.9. The van der Waals surface area contributed by atoms with Crippen LogP contribution in [0.5, 0.6) is 0 Å². The zero-order valence-corrected chi connectivity index (χ0v) is 15.9. The third kappa shape index (κ3) is 5.04. The number of pyridine rings is 1. The molecule has 3 rings (SSSR count). The number of methoxy groups -OCH3 is 1. The Morgan fingerprint density at radius 1 is 1.31 bits per heavy atom. The van der Waals surface area contributed by atoms with Crippen LogP contribution in [0, 0.1) is 6.92 Å². The van der Waals surface area contributed by atoms with Gasteiger partial charge in [-0.3, -0.25) is 9.69 Å². The molecule has 2 aromatic heterocycles. The van der Waals surface area contributed by atoms with Crippen molar-refractivity contribution < 1.29 is 37.7 Å². The average Bonchev–Trinajstić information content (AvgIpc) is 3.21. The summed E-state index contributed by atoms with van der Waals surface area (Å²) >= 11 is 0. The van der Waals surface area contributed by atoms with Crippen molar-refractivity contribution in [2.24, 2.45) is 0 Å². The van der Waals surface area contributed by atoms with Gasteiger partial charge >= 0.3 is 18.1 Å². The van der Waals surface area contributed by atoms with Gasteiger partial charge in [-0.05, 0) is 38.4 Å². The third-order valence-corrected chi connectivity index (χ3v) is 4.75. The molecule has 0 radical (unpaired) electrons. The number of nitrogens with zero attached hydrogens (tertiary/aromatic N) is 3. The number of hydrogen-bond acceptors (Lipinski definition) is 5. The van der Waals surface area contributed by atoms with Crippen LogP contribution in [-0.2, 0) is 20.9 Å². The van der Waals surface area contributed by atoms with Crippen LogP contribution in [0.1, 0.15) is 24.2 Å². The molecule has 3 heterocycles. The normalized spacial score (nSPS) is 19.8. The molecule has 160 valence electrons. The number of likely N-dealkylation sites (tertiary alicyclic amines) is 1. The van der Waals surface area contributed by atoms with Crippen molar-refractivity contribution in [1.29, 1.82) is 0 Å². The van der Waals surface area contributed by atoms with Crippen molar-refractivity contribution in [3.05, 3.63) is 35.8 Å². The molecule has 0 bridgehead atoms. The highest BCUT2D eigenvalue weighted by molar-refractivity contribution is 5.79. The number of carbonyl (C=O) groups is 2. The summed E-state index contributed by atoms with van der Waals surface area (Å²) < 4.78 is 39.0. The molecule has 0 saturated carbocycles. The Labute approximate surface area is 164 Å². The van der Waals surface area contributed by atoms with Gasteiger partial charge in [0.05, 0.1) is 12.3 Å². The van der Waals surface area contributed by atoms with E-state index >= 15 is 0 Å². The average molecular weight is 417 g/mol. The van der Waals surface area contributed by atoms with E-state index in [-0.39, 0.29) is 6.61 Å². The van der Waals surface area contributed by atoms with Crippen LogP contribution in [0.3, 0.4) is 0 Å². The predicted molar refractivity (Wildman–Crippen MR) is 95.5 cm³/mol. The van der Waals surface area contributed by atoms with Crippen LogP contribution < -0.4 is 0 Å². The maximum absolute atomic E-state index is 11.8.